The maximum atomic E-state index is 4.65. The predicted octanol–water partition coefficient (Wildman–Crippen LogP) is 3.64. The van der Waals surface area contributed by atoms with Gasteiger partial charge in [-0.3, -0.25) is 0 Å². The Balaban J connectivity index is 1.61. The number of hydrogen-bond acceptors (Lipinski definition) is 2. The van der Waals surface area contributed by atoms with E-state index < -0.39 is 0 Å². The predicted molar refractivity (Wildman–Crippen MR) is 107 cm³/mol. The lowest BCUT2D eigenvalue weighted by atomic mass is 10.1. The summed E-state index contributed by atoms with van der Waals surface area (Å²) < 4.78 is 0. The highest BCUT2D eigenvalue weighted by Gasteiger charge is 2.04. The molecule has 134 valence electrons. The summed E-state index contributed by atoms with van der Waals surface area (Å²) in [6, 6.07) is 18.6. The molecule has 5 nitrogen and oxygen atoms in total. The Labute approximate surface area is 154 Å². The first-order valence-electron chi connectivity index (χ1n) is 8.91. The Bertz CT molecular complexity index is 834. The molecule has 0 aliphatic rings. The molecule has 3 rings (SSSR count). The second-order valence-corrected chi connectivity index (χ2v) is 6.14. The molecule has 3 aromatic rings. The highest BCUT2D eigenvalue weighted by atomic mass is 15.2. The molecule has 0 unspecified atom stereocenters. The van der Waals surface area contributed by atoms with Crippen LogP contribution in [-0.4, -0.2) is 22.5 Å². The van der Waals surface area contributed by atoms with E-state index in [1.54, 1.807) is 0 Å². The molecule has 0 saturated carbocycles. The lowest BCUT2D eigenvalue weighted by Crippen LogP contribution is -2.37. The minimum absolute atomic E-state index is 0.590. The van der Waals surface area contributed by atoms with E-state index in [1.165, 1.54) is 11.1 Å². The van der Waals surface area contributed by atoms with Crippen LogP contribution in [0.15, 0.2) is 65.8 Å². The second-order valence-electron chi connectivity index (χ2n) is 6.14. The summed E-state index contributed by atoms with van der Waals surface area (Å²) in [5, 5.41) is 6.60. The third kappa shape index (κ3) is 4.96. The fraction of sp³-hybridized carbons (Fsp3) is 0.238. The minimum atomic E-state index is 0.590. The molecular weight excluding hydrogens is 322 g/mol. The zero-order valence-corrected chi connectivity index (χ0v) is 15.3. The van der Waals surface area contributed by atoms with Gasteiger partial charge >= 0.3 is 0 Å². The number of nitrogens with one attached hydrogen (secondary N) is 3. The first-order valence-corrected chi connectivity index (χ1v) is 8.91. The quantitative estimate of drug-likeness (QED) is 0.471. The number of aromatic nitrogens is 2. The van der Waals surface area contributed by atoms with E-state index in [9.17, 15) is 0 Å². The van der Waals surface area contributed by atoms with Crippen LogP contribution in [0.1, 0.15) is 23.9 Å². The number of aromatic amines is 1. The summed E-state index contributed by atoms with van der Waals surface area (Å²) in [5.74, 6) is 1.66. The van der Waals surface area contributed by atoms with E-state index in [0.717, 1.165) is 29.6 Å². The number of benzene rings is 2. The van der Waals surface area contributed by atoms with Gasteiger partial charge in [-0.25, -0.2) is 9.98 Å². The van der Waals surface area contributed by atoms with Crippen molar-refractivity contribution in [1.82, 2.24) is 20.6 Å². The normalized spacial score (nSPS) is 11.4. The van der Waals surface area contributed by atoms with Crippen LogP contribution in [-0.2, 0) is 13.1 Å². The topological polar surface area (TPSA) is 65.1 Å². The van der Waals surface area contributed by atoms with Crippen molar-refractivity contribution in [2.45, 2.75) is 26.9 Å². The van der Waals surface area contributed by atoms with E-state index in [2.05, 4.69) is 75.8 Å². The van der Waals surface area contributed by atoms with Crippen LogP contribution in [0.3, 0.4) is 0 Å². The second kappa shape index (κ2) is 8.85. The van der Waals surface area contributed by atoms with Crippen molar-refractivity contribution in [3.8, 4) is 11.3 Å². The third-order valence-corrected chi connectivity index (χ3v) is 4.02. The van der Waals surface area contributed by atoms with Crippen molar-refractivity contribution < 1.29 is 0 Å². The van der Waals surface area contributed by atoms with Crippen molar-refractivity contribution >= 4 is 5.96 Å². The zero-order valence-electron chi connectivity index (χ0n) is 15.3. The summed E-state index contributed by atoms with van der Waals surface area (Å²) in [4.78, 5) is 12.4. The standard InChI is InChI=1S/C21H25N5/c1-3-22-21(24-13-17-11-9-16(2)10-12-17)25-15-20-23-14-19(26-20)18-7-5-4-6-8-18/h4-12,14H,3,13,15H2,1-2H3,(H,23,26)(H2,22,24,25). The number of aliphatic imine (C=N–C) groups is 1. The summed E-state index contributed by atoms with van der Waals surface area (Å²) >= 11 is 0. The average molecular weight is 347 g/mol. The fourth-order valence-corrected chi connectivity index (χ4v) is 2.59. The molecule has 26 heavy (non-hydrogen) atoms. The fourth-order valence-electron chi connectivity index (χ4n) is 2.59. The van der Waals surface area contributed by atoms with Crippen LogP contribution in [0.2, 0.25) is 0 Å². The number of imidazole rings is 1. The van der Waals surface area contributed by atoms with Crippen molar-refractivity contribution in [2.75, 3.05) is 6.54 Å². The molecule has 0 saturated heterocycles. The van der Waals surface area contributed by atoms with Crippen LogP contribution in [0.5, 0.6) is 0 Å². The van der Waals surface area contributed by atoms with Crippen molar-refractivity contribution in [3.63, 3.8) is 0 Å². The molecule has 0 aliphatic carbocycles. The monoisotopic (exact) mass is 347 g/mol. The smallest absolute Gasteiger partial charge is 0.191 e. The Morgan fingerprint density at radius 2 is 1.81 bits per heavy atom. The van der Waals surface area contributed by atoms with Gasteiger partial charge in [0.2, 0.25) is 0 Å². The van der Waals surface area contributed by atoms with E-state index >= 15 is 0 Å². The van der Waals surface area contributed by atoms with Crippen molar-refractivity contribution in [3.05, 3.63) is 77.7 Å². The van der Waals surface area contributed by atoms with Crippen LogP contribution in [0, 0.1) is 6.92 Å². The minimum Gasteiger partial charge on any atom is -0.357 e. The summed E-state index contributed by atoms with van der Waals surface area (Å²) in [5.41, 5.74) is 4.60. The van der Waals surface area contributed by atoms with Gasteiger partial charge in [0.1, 0.15) is 5.82 Å². The lowest BCUT2D eigenvalue weighted by molar-refractivity contribution is 0.786. The van der Waals surface area contributed by atoms with Gasteiger partial charge in [0, 0.05) is 6.54 Å². The first-order chi connectivity index (χ1) is 12.7. The highest BCUT2D eigenvalue weighted by Crippen LogP contribution is 2.15. The molecule has 0 radical (unpaired) electrons. The van der Waals surface area contributed by atoms with Gasteiger partial charge in [-0.15, -0.1) is 0 Å². The van der Waals surface area contributed by atoms with Crippen molar-refractivity contribution in [2.24, 2.45) is 4.99 Å². The first kappa shape index (κ1) is 17.7. The van der Waals surface area contributed by atoms with E-state index in [-0.39, 0.29) is 0 Å². The number of nitrogens with zero attached hydrogens (tertiary/aromatic N) is 2. The van der Waals surface area contributed by atoms with Gasteiger partial charge in [0.25, 0.3) is 0 Å². The molecule has 1 heterocycles. The van der Waals surface area contributed by atoms with Crippen LogP contribution >= 0.6 is 0 Å². The number of guanidine groups is 1. The number of hydrogen-bond donors (Lipinski definition) is 3. The molecule has 0 aliphatic heterocycles. The molecule has 0 amide bonds. The number of aryl methyl sites for hydroxylation is 1. The van der Waals surface area contributed by atoms with Crippen LogP contribution in [0.4, 0.5) is 0 Å². The highest BCUT2D eigenvalue weighted by molar-refractivity contribution is 5.79. The van der Waals surface area contributed by atoms with Gasteiger partial charge < -0.3 is 15.6 Å². The molecule has 1 aromatic heterocycles. The Hall–Kier alpha value is -3.08. The maximum absolute atomic E-state index is 4.65. The van der Waals surface area contributed by atoms with Crippen LogP contribution < -0.4 is 10.6 Å². The Morgan fingerprint density at radius 1 is 1.04 bits per heavy atom. The Kier molecular flexibility index (Phi) is 6.04. The van der Waals surface area contributed by atoms with Gasteiger partial charge in [-0.1, -0.05) is 60.2 Å². The number of rotatable bonds is 6. The van der Waals surface area contributed by atoms with E-state index in [4.69, 9.17) is 0 Å². The zero-order chi connectivity index (χ0) is 18.2. The SMILES string of the molecule is CCNC(=NCc1ccc(C)cc1)NCc1ncc(-c2ccccc2)[nH]1. The van der Waals surface area contributed by atoms with Gasteiger partial charge in [-0.05, 0) is 25.0 Å². The van der Waals surface area contributed by atoms with Crippen LogP contribution in [0.25, 0.3) is 11.3 Å². The lowest BCUT2D eigenvalue weighted by Gasteiger charge is -2.10. The average Bonchev–Trinajstić information content (AvgIpc) is 3.15. The maximum Gasteiger partial charge on any atom is 0.191 e. The van der Waals surface area contributed by atoms with E-state index in [1.807, 2.05) is 24.4 Å². The molecule has 0 atom stereocenters. The van der Waals surface area contributed by atoms with Gasteiger partial charge in [0.05, 0.1) is 25.0 Å². The summed E-state index contributed by atoms with van der Waals surface area (Å²) in [6.07, 6.45) is 1.86. The molecule has 2 aromatic carbocycles. The largest absolute Gasteiger partial charge is 0.357 e. The molecule has 3 N–H and O–H groups in total. The van der Waals surface area contributed by atoms with Crippen molar-refractivity contribution in [1.29, 1.82) is 0 Å². The summed E-state index contributed by atoms with van der Waals surface area (Å²) in [6.45, 7) is 6.19. The Morgan fingerprint density at radius 3 is 2.54 bits per heavy atom. The summed E-state index contributed by atoms with van der Waals surface area (Å²) in [7, 11) is 0. The molecule has 0 fully saturated rings. The molecule has 5 heteroatoms. The van der Waals surface area contributed by atoms with E-state index in [0.29, 0.717) is 13.1 Å². The van der Waals surface area contributed by atoms with Gasteiger partial charge in [0.15, 0.2) is 5.96 Å². The molecule has 0 bridgehead atoms. The molecule has 0 spiro atoms. The molecular formula is C21H25N5. The van der Waals surface area contributed by atoms with Gasteiger partial charge in [-0.2, -0.15) is 0 Å². The number of H-pyrrole nitrogens is 1. The third-order valence-electron chi connectivity index (χ3n) is 4.02.